The molecule has 2 heterocycles. The van der Waals surface area contributed by atoms with Gasteiger partial charge in [-0.1, -0.05) is 0 Å². The standard InChI is InChI=1S/C7H3N5O3/c8-1-4-3(2-9-11-4)6-10-5(7(13)14)12-15-6/h2H,(H,9,11)(H,13,14). The van der Waals surface area contributed by atoms with Gasteiger partial charge in [-0.3, -0.25) is 5.10 Å². The van der Waals surface area contributed by atoms with Crippen molar-refractivity contribution in [3.63, 3.8) is 0 Å². The first-order valence-electron chi connectivity index (χ1n) is 3.73. The van der Waals surface area contributed by atoms with Gasteiger partial charge in [0, 0.05) is 0 Å². The molecule has 0 saturated heterocycles. The number of hydrogen-bond acceptors (Lipinski definition) is 6. The van der Waals surface area contributed by atoms with E-state index in [0.29, 0.717) is 0 Å². The SMILES string of the molecule is N#Cc1[nH]ncc1-c1nc(C(=O)O)no1. The molecule has 0 radical (unpaired) electrons. The fraction of sp³-hybridized carbons (Fsp3) is 0. The van der Waals surface area contributed by atoms with Gasteiger partial charge in [-0.25, -0.2) is 4.79 Å². The van der Waals surface area contributed by atoms with Crippen molar-refractivity contribution in [3.8, 4) is 17.5 Å². The molecule has 0 aliphatic heterocycles. The predicted octanol–water partition coefficient (Wildman–Crippen LogP) is 0.0296. The molecule has 2 aromatic heterocycles. The van der Waals surface area contributed by atoms with Crippen LogP contribution >= 0.6 is 0 Å². The minimum atomic E-state index is -1.30. The van der Waals surface area contributed by atoms with E-state index in [1.165, 1.54) is 6.20 Å². The number of carboxylic acid groups (broad SMARTS) is 1. The Labute approximate surface area is 82.1 Å². The van der Waals surface area contributed by atoms with Gasteiger partial charge in [0.2, 0.25) is 0 Å². The highest BCUT2D eigenvalue weighted by Crippen LogP contribution is 2.18. The second-order valence-corrected chi connectivity index (χ2v) is 2.50. The quantitative estimate of drug-likeness (QED) is 0.707. The molecule has 8 heteroatoms. The first-order valence-corrected chi connectivity index (χ1v) is 3.73. The molecule has 0 saturated carbocycles. The van der Waals surface area contributed by atoms with Gasteiger partial charge in [0.15, 0.2) is 0 Å². The molecule has 2 N–H and O–H groups in total. The molecular weight excluding hydrogens is 202 g/mol. The number of aromatic carboxylic acids is 1. The third-order valence-corrected chi connectivity index (χ3v) is 1.60. The van der Waals surface area contributed by atoms with E-state index in [2.05, 4.69) is 24.9 Å². The summed E-state index contributed by atoms with van der Waals surface area (Å²) in [4.78, 5) is 14.0. The third kappa shape index (κ3) is 1.42. The number of nitrogens with zero attached hydrogens (tertiary/aromatic N) is 4. The van der Waals surface area contributed by atoms with E-state index >= 15 is 0 Å². The van der Waals surface area contributed by atoms with Gasteiger partial charge in [-0.2, -0.15) is 15.3 Å². The molecule has 0 bridgehead atoms. The van der Waals surface area contributed by atoms with Crippen LogP contribution in [0.15, 0.2) is 10.7 Å². The highest BCUT2D eigenvalue weighted by atomic mass is 16.5. The topological polar surface area (TPSA) is 129 Å². The summed E-state index contributed by atoms with van der Waals surface area (Å²) in [6, 6.07) is 1.82. The summed E-state index contributed by atoms with van der Waals surface area (Å²) in [6.45, 7) is 0. The first kappa shape index (κ1) is 8.89. The highest BCUT2D eigenvalue weighted by Gasteiger charge is 2.17. The van der Waals surface area contributed by atoms with E-state index in [0.717, 1.165) is 0 Å². The molecule has 0 atom stereocenters. The third-order valence-electron chi connectivity index (χ3n) is 1.60. The van der Waals surface area contributed by atoms with E-state index < -0.39 is 11.8 Å². The van der Waals surface area contributed by atoms with Crippen molar-refractivity contribution in [3.05, 3.63) is 17.7 Å². The minimum absolute atomic E-state index is 0.0577. The molecule has 74 valence electrons. The second kappa shape index (κ2) is 3.22. The van der Waals surface area contributed by atoms with Crippen molar-refractivity contribution in [2.75, 3.05) is 0 Å². The summed E-state index contributed by atoms with van der Waals surface area (Å²) in [5.41, 5.74) is 0.410. The molecule has 0 spiro atoms. The number of nitriles is 1. The van der Waals surface area contributed by atoms with Crippen LogP contribution in [0.4, 0.5) is 0 Å². The van der Waals surface area contributed by atoms with Crippen LogP contribution in [-0.2, 0) is 0 Å². The molecule has 2 rings (SSSR count). The summed E-state index contributed by atoms with van der Waals surface area (Å²) in [5.74, 6) is -1.82. The van der Waals surface area contributed by atoms with Crippen LogP contribution in [0.3, 0.4) is 0 Å². The predicted molar refractivity (Wildman–Crippen MR) is 43.6 cm³/mol. The van der Waals surface area contributed by atoms with Gasteiger partial charge in [0.1, 0.15) is 11.8 Å². The van der Waals surface area contributed by atoms with Crippen LogP contribution in [0.2, 0.25) is 0 Å². The van der Waals surface area contributed by atoms with Crippen LogP contribution in [0.25, 0.3) is 11.5 Å². The van der Waals surface area contributed by atoms with Crippen molar-refractivity contribution >= 4 is 5.97 Å². The Kier molecular flexibility index (Phi) is 1.91. The number of rotatable bonds is 2. The Morgan fingerprint density at radius 1 is 1.67 bits per heavy atom. The van der Waals surface area contributed by atoms with Gasteiger partial charge in [0.25, 0.3) is 11.7 Å². The number of aromatic nitrogens is 4. The molecule has 0 amide bonds. The average molecular weight is 205 g/mol. The lowest BCUT2D eigenvalue weighted by Gasteiger charge is -1.84. The average Bonchev–Trinajstić information content (AvgIpc) is 2.85. The minimum Gasteiger partial charge on any atom is -0.475 e. The number of carboxylic acids is 1. The lowest BCUT2D eigenvalue weighted by Crippen LogP contribution is -1.98. The number of carbonyl (C=O) groups is 1. The van der Waals surface area contributed by atoms with Gasteiger partial charge in [-0.15, -0.1) is 0 Å². The van der Waals surface area contributed by atoms with Crippen molar-refractivity contribution in [1.82, 2.24) is 20.3 Å². The molecule has 8 nitrogen and oxygen atoms in total. The molecule has 0 aliphatic carbocycles. The first-order chi connectivity index (χ1) is 7.22. The smallest absolute Gasteiger partial charge is 0.377 e. The van der Waals surface area contributed by atoms with Crippen molar-refractivity contribution in [1.29, 1.82) is 5.26 Å². The second-order valence-electron chi connectivity index (χ2n) is 2.50. The Morgan fingerprint density at radius 2 is 2.47 bits per heavy atom. The van der Waals surface area contributed by atoms with E-state index in [-0.39, 0.29) is 17.1 Å². The van der Waals surface area contributed by atoms with E-state index in [9.17, 15) is 4.79 Å². The number of hydrogen-bond donors (Lipinski definition) is 2. The van der Waals surface area contributed by atoms with E-state index in [1.807, 2.05) is 6.07 Å². The fourth-order valence-corrected chi connectivity index (χ4v) is 0.953. The van der Waals surface area contributed by atoms with Gasteiger partial charge in [0.05, 0.1) is 11.8 Å². The van der Waals surface area contributed by atoms with Crippen molar-refractivity contribution < 1.29 is 14.4 Å². The van der Waals surface area contributed by atoms with Gasteiger partial charge < -0.3 is 9.63 Å². The number of nitrogens with one attached hydrogen (secondary N) is 1. The summed E-state index contributed by atoms with van der Waals surface area (Å²) in [7, 11) is 0. The molecule has 0 aliphatic rings. The van der Waals surface area contributed by atoms with Gasteiger partial charge >= 0.3 is 5.97 Å². The summed E-state index contributed by atoms with van der Waals surface area (Å²) >= 11 is 0. The maximum absolute atomic E-state index is 10.5. The fourth-order valence-electron chi connectivity index (χ4n) is 0.953. The van der Waals surface area contributed by atoms with Crippen LogP contribution in [0.1, 0.15) is 16.3 Å². The summed E-state index contributed by atoms with van der Waals surface area (Å²) in [6.07, 6.45) is 1.30. The number of aromatic amines is 1. The summed E-state index contributed by atoms with van der Waals surface area (Å²) < 4.78 is 4.66. The zero-order valence-corrected chi connectivity index (χ0v) is 7.13. The number of H-pyrrole nitrogens is 1. The Bertz CT molecular complexity index is 549. The maximum atomic E-state index is 10.5. The van der Waals surface area contributed by atoms with Crippen LogP contribution < -0.4 is 0 Å². The Balaban J connectivity index is 2.47. The highest BCUT2D eigenvalue weighted by molar-refractivity contribution is 5.83. The molecule has 2 aromatic rings. The zero-order chi connectivity index (χ0) is 10.8. The Hall–Kier alpha value is -2.69. The molecule has 0 aromatic carbocycles. The summed E-state index contributed by atoms with van der Waals surface area (Å²) in [5, 5.41) is 26.4. The molecule has 0 fully saturated rings. The van der Waals surface area contributed by atoms with Crippen LogP contribution in [-0.4, -0.2) is 31.4 Å². The Morgan fingerprint density at radius 3 is 3.07 bits per heavy atom. The molecule has 0 unspecified atom stereocenters. The van der Waals surface area contributed by atoms with Crippen molar-refractivity contribution in [2.24, 2.45) is 0 Å². The maximum Gasteiger partial charge on any atom is 0.377 e. The lowest BCUT2D eigenvalue weighted by molar-refractivity contribution is 0.0680. The monoisotopic (exact) mass is 205 g/mol. The van der Waals surface area contributed by atoms with E-state index in [4.69, 9.17) is 10.4 Å². The largest absolute Gasteiger partial charge is 0.475 e. The van der Waals surface area contributed by atoms with Crippen LogP contribution in [0.5, 0.6) is 0 Å². The van der Waals surface area contributed by atoms with E-state index in [1.54, 1.807) is 0 Å². The molecular formula is C7H3N5O3. The zero-order valence-electron chi connectivity index (χ0n) is 7.13. The normalized spacial score (nSPS) is 9.80. The van der Waals surface area contributed by atoms with Crippen molar-refractivity contribution in [2.45, 2.75) is 0 Å². The molecule has 15 heavy (non-hydrogen) atoms. The lowest BCUT2D eigenvalue weighted by atomic mass is 10.2. The van der Waals surface area contributed by atoms with Gasteiger partial charge in [-0.05, 0) is 5.16 Å². The van der Waals surface area contributed by atoms with Crippen LogP contribution in [0, 0.1) is 11.3 Å².